The van der Waals surface area contributed by atoms with Gasteiger partial charge in [0.05, 0.1) is 16.3 Å². The van der Waals surface area contributed by atoms with Crippen molar-refractivity contribution in [3.63, 3.8) is 0 Å². The largest absolute Gasteiger partial charge is 0.397 e. The molecule has 104 valence electrons. The van der Waals surface area contributed by atoms with E-state index >= 15 is 0 Å². The van der Waals surface area contributed by atoms with Gasteiger partial charge in [-0.25, -0.2) is 13.6 Å². The molecule has 1 saturated heterocycles. The van der Waals surface area contributed by atoms with E-state index in [1.165, 1.54) is 18.2 Å². The van der Waals surface area contributed by atoms with E-state index in [1.807, 2.05) is 0 Å². The van der Waals surface area contributed by atoms with E-state index in [-0.39, 0.29) is 4.90 Å². The smallest absolute Gasteiger partial charge is 0.240 e. The van der Waals surface area contributed by atoms with Gasteiger partial charge in [0.15, 0.2) is 0 Å². The summed E-state index contributed by atoms with van der Waals surface area (Å²) in [6, 6.07) is 3.72. The molecule has 2 rings (SSSR count). The number of hydrogen-bond donors (Lipinski definition) is 3. The van der Waals surface area contributed by atoms with E-state index in [2.05, 4.69) is 0 Å². The Kier molecular flexibility index (Phi) is 3.38. The van der Waals surface area contributed by atoms with Crippen molar-refractivity contribution in [2.45, 2.75) is 23.8 Å². The number of nitrogens with two attached hydrogens (primary N) is 3. The Morgan fingerprint density at radius 3 is 2.63 bits per heavy atom. The number of nitrogen functional groups attached to an aromatic ring is 1. The minimum absolute atomic E-state index is 0.0354. The molecule has 0 spiro atoms. The van der Waals surface area contributed by atoms with Gasteiger partial charge in [-0.1, -0.05) is 0 Å². The van der Waals surface area contributed by atoms with Crippen molar-refractivity contribution in [3.8, 4) is 0 Å². The highest BCUT2D eigenvalue weighted by molar-refractivity contribution is 7.89. The van der Waals surface area contributed by atoms with Gasteiger partial charge in [0.2, 0.25) is 15.9 Å². The zero-order valence-electron chi connectivity index (χ0n) is 10.2. The molecule has 1 unspecified atom stereocenters. The Morgan fingerprint density at radius 2 is 2.05 bits per heavy atom. The Labute approximate surface area is 111 Å². The molecule has 19 heavy (non-hydrogen) atoms. The van der Waals surface area contributed by atoms with Crippen molar-refractivity contribution in [2.24, 2.45) is 10.9 Å². The summed E-state index contributed by atoms with van der Waals surface area (Å²) in [4.78, 5) is 13.1. The van der Waals surface area contributed by atoms with Gasteiger partial charge in [-0.05, 0) is 31.0 Å². The summed E-state index contributed by atoms with van der Waals surface area (Å²) in [6.07, 6.45) is 1.43. The molecule has 1 heterocycles. The van der Waals surface area contributed by atoms with Crippen LogP contribution in [-0.2, 0) is 14.8 Å². The third-order valence-corrected chi connectivity index (χ3v) is 4.13. The van der Waals surface area contributed by atoms with Gasteiger partial charge in [0, 0.05) is 6.54 Å². The highest BCUT2D eigenvalue weighted by Crippen LogP contribution is 2.32. The fourth-order valence-corrected chi connectivity index (χ4v) is 2.83. The molecule has 1 fully saturated rings. The first-order valence-electron chi connectivity index (χ1n) is 5.79. The molecule has 1 aromatic carbocycles. The summed E-state index contributed by atoms with van der Waals surface area (Å²) in [7, 11) is -3.81. The van der Waals surface area contributed by atoms with Crippen LogP contribution in [0.15, 0.2) is 23.1 Å². The Balaban J connectivity index is 2.47. The van der Waals surface area contributed by atoms with Crippen LogP contribution in [0.25, 0.3) is 0 Å². The number of carbonyl (C=O) groups is 1. The fraction of sp³-hybridized carbons (Fsp3) is 0.364. The summed E-state index contributed by atoms with van der Waals surface area (Å²) >= 11 is 0. The lowest BCUT2D eigenvalue weighted by atomic mass is 10.2. The van der Waals surface area contributed by atoms with Gasteiger partial charge in [-0.15, -0.1) is 0 Å². The number of primary sulfonamides is 1. The van der Waals surface area contributed by atoms with Crippen LogP contribution in [0.4, 0.5) is 11.4 Å². The number of primary amides is 1. The van der Waals surface area contributed by atoms with Crippen molar-refractivity contribution in [2.75, 3.05) is 17.2 Å². The van der Waals surface area contributed by atoms with Crippen LogP contribution in [0.5, 0.6) is 0 Å². The van der Waals surface area contributed by atoms with Crippen molar-refractivity contribution < 1.29 is 13.2 Å². The third kappa shape index (κ3) is 2.64. The molecule has 1 atom stereocenters. The highest BCUT2D eigenvalue weighted by atomic mass is 32.2. The van der Waals surface area contributed by atoms with Gasteiger partial charge in [-0.2, -0.15) is 0 Å². The lowest BCUT2D eigenvalue weighted by molar-refractivity contribution is -0.119. The van der Waals surface area contributed by atoms with Gasteiger partial charge in [-0.3, -0.25) is 4.79 Å². The van der Waals surface area contributed by atoms with E-state index in [1.54, 1.807) is 4.90 Å². The van der Waals surface area contributed by atoms with Crippen LogP contribution >= 0.6 is 0 Å². The number of carbonyl (C=O) groups excluding carboxylic acids is 1. The summed E-state index contributed by atoms with van der Waals surface area (Å²) in [5, 5.41) is 5.09. The molecular formula is C11H16N4O3S. The van der Waals surface area contributed by atoms with Crippen molar-refractivity contribution in [1.29, 1.82) is 0 Å². The van der Waals surface area contributed by atoms with Crippen molar-refractivity contribution >= 4 is 27.3 Å². The second-order valence-electron chi connectivity index (χ2n) is 4.52. The first kappa shape index (κ1) is 13.6. The minimum atomic E-state index is -3.81. The Hall–Kier alpha value is -1.80. The van der Waals surface area contributed by atoms with Crippen molar-refractivity contribution in [1.82, 2.24) is 0 Å². The standard InChI is InChI=1S/C11H16N4O3S/c12-8-4-3-7(19(14,17)18)6-10(8)15-5-1-2-9(15)11(13)16/h3-4,6,9H,1-2,5,12H2,(H2,13,16)(H2,14,17,18). The maximum atomic E-state index is 11.4. The van der Waals surface area contributed by atoms with E-state index in [0.717, 1.165) is 6.42 Å². The van der Waals surface area contributed by atoms with Crippen molar-refractivity contribution in [3.05, 3.63) is 18.2 Å². The van der Waals surface area contributed by atoms with Crippen LogP contribution in [0.2, 0.25) is 0 Å². The molecule has 1 aromatic rings. The number of sulfonamides is 1. The average Bonchev–Trinajstić information content (AvgIpc) is 2.76. The van der Waals surface area contributed by atoms with Crippen LogP contribution in [0.1, 0.15) is 12.8 Å². The topological polar surface area (TPSA) is 133 Å². The molecule has 0 saturated carbocycles. The second kappa shape index (κ2) is 4.71. The molecule has 8 heteroatoms. The molecule has 0 aromatic heterocycles. The summed E-state index contributed by atoms with van der Waals surface area (Å²) in [5.41, 5.74) is 12.0. The maximum Gasteiger partial charge on any atom is 0.240 e. The number of hydrogen-bond acceptors (Lipinski definition) is 5. The molecule has 6 N–H and O–H groups in total. The quantitative estimate of drug-likeness (QED) is 0.636. The highest BCUT2D eigenvalue weighted by Gasteiger charge is 2.30. The number of anilines is 2. The molecular weight excluding hydrogens is 268 g/mol. The Bertz CT molecular complexity index is 614. The molecule has 1 aliphatic rings. The second-order valence-corrected chi connectivity index (χ2v) is 6.08. The van der Waals surface area contributed by atoms with Crippen LogP contribution in [0.3, 0.4) is 0 Å². The SMILES string of the molecule is NC(=O)C1CCCN1c1cc(S(N)(=O)=O)ccc1N. The lowest BCUT2D eigenvalue weighted by Gasteiger charge is -2.26. The lowest BCUT2D eigenvalue weighted by Crippen LogP contribution is -2.40. The van der Waals surface area contributed by atoms with Gasteiger partial charge >= 0.3 is 0 Å². The maximum absolute atomic E-state index is 11.4. The summed E-state index contributed by atoms with van der Waals surface area (Å²) < 4.78 is 22.7. The van der Waals surface area contributed by atoms with Gasteiger partial charge in [0.1, 0.15) is 6.04 Å². The minimum Gasteiger partial charge on any atom is -0.397 e. The van der Waals surface area contributed by atoms with Crippen LogP contribution in [-0.4, -0.2) is 26.9 Å². The van der Waals surface area contributed by atoms with E-state index in [4.69, 9.17) is 16.6 Å². The zero-order valence-corrected chi connectivity index (χ0v) is 11.1. The molecule has 1 aliphatic heterocycles. The molecule has 1 amide bonds. The number of rotatable bonds is 3. The predicted molar refractivity (Wildman–Crippen MR) is 71.8 cm³/mol. The number of benzene rings is 1. The average molecular weight is 284 g/mol. The zero-order chi connectivity index (χ0) is 14.2. The third-order valence-electron chi connectivity index (χ3n) is 3.22. The molecule has 7 nitrogen and oxygen atoms in total. The van der Waals surface area contributed by atoms with Gasteiger partial charge < -0.3 is 16.4 Å². The van der Waals surface area contributed by atoms with Crippen LogP contribution in [0, 0.1) is 0 Å². The van der Waals surface area contributed by atoms with E-state index in [0.29, 0.717) is 24.3 Å². The summed E-state index contributed by atoms with van der Waals surface area (Å²) in [6.45, 7) is 0.603. The number of amides is 1. The van der Waals surface area contributed by atoms with E-state index < -0.39 is 22.0 Å². The number of nitrogens with zero attached hydrogens (tertiary/aromatic N) is 1. The monoisotopic (exact) mass is 284 g/mol. The fourth-order valence-electron chi connectivity index (χ4n) is 2.30. The first-order valence-corrected chi connectivity index (χ1v) is 7.33. The first-order chi connectivity index (χ1) is 8.80. The van der Waals surface area contributed by atoms with Gasteiger partial charge in [0.25, 0.3) is 0 Å². The van der Waals surface area contributed by atoms with Crippen LogP contribution < -0.4 is 21.5 Å². The summed E-state index contributed by atoms with van der Waals surface area (Å²) in [5.74, 6) is -0.446. The van der Waals surface area contributed by atoms with E-state index in [9.17, 15) is 13.2 Å². The predicted octanol–water partition coefficient (Wildman–Crippen LogP) is -0.630. The Morgan fingerprint density at radius 1 is 1.37 bits per heavy atom. The molecule has 0 radical (unpaired) electrons. The normalized spacial score (nSPS) is 19.6. The molecule has 0 aliphatic carbocycles. The molecule has 0 bridgehead atoms.